The normalized spacial score (nSPS) is 28.2. The third-order valence-electron chi connectivity index (χ3n) is 4.41. The minimum absolute atomic E-state index is 0.209. The van der Waals surface area contributed by atoms with Gasteiger partial charge < -0.3 is 5.73 Å². The van der Waals surface area contributed by atoms with E-state index in [1.54, 1.807) is 28.6 Å². The number of piperidine rings is 1. The number of hydrogen-bond acceptors (Lipinski definition) is 3. The molecule has 0 amide bonds. The summed E-state index contributed by atoms with van der Waals surface area (Å²) in [5.74, 6) is 0.560. The molecule has 0 radical (unpaired) electrons. The fourth-order valence-electron chi connectivity index (χ4n) is 3.52. The molecule has 1 aliphatic heterocycles. The molecule has 0 aromatic heterocycles. The number of nitrogens with zero attached hydrogens (tertiary/aromatic N) is 1. The van der Waals surface area contributed by atoms with Gasteiger partial charge in [0.05, 0.1) is 4.90 Å². The molecule has 104 valence electrons. The Bertz CT molecular complexity index is 571. The summed E-state index contributed by atoms with van der Waals surface area (Å²) in [6.45, 7) is 0.651. The lowest BCUT2D eigenvalue weighted by Crippen LogP contribution is -2.46. The largest absolute Gasteiger partial charge is 0.399 e. The number of nitrogen functional groups attached to an aromatic ring is 1. The van der Waals surface area contributed by atoms with Crippen LogP contribution in [-0.2, 0) is 10.0 Å². The van der Waals surface area contributed by atoms with E-state index in [0.717, 1.165) is 19.3 Å². The maximum atomic E-state index is 12.8. The molecule has 0 spiro atoms. The molecule has 1 heterocycles. The monoisotopic (exact) mass is 280 g/mol. The molecule has 3 rings (SSSR count). The number of rotatable bonds is 2. The second kappa shape index (κ2) is 4.80. The lowest BCUT2D eigenvalue weighted by atomic mass is 9.94. The first kappa shape index (κ1) is 12.9. The topological polar surface area (TPSA) is 63.4 Å². The fraction of sp³-hybridized carbons (Fsp3) is 0.571. The highest BCUT2D eigenvalue weighted by Gasteiger charge is 2.41. The highest BCUT2D eigenvalue weighted by Crippen LogP contribution is 2.39. The summed E-state index contributed by atoms with van der Waals surface area (Å²) in [6, 6.07) is 6.84. The lowest BCUT2D eigenvalue weighted by molar-refractivity contribution is 0.202. The number of fused-ring (bicyclic) bond motifs is 1. The molecule has 5 heteroatoms. The van der Waals surface area contributed by atoms with Gasteiger partial charge in [-0.2, -0.15) is 4.31 Å². The van der Waals surface area contributed by atoms with E-state index >= 15 is 0 Å². The van der Waals surface area contributed by atoms with Crippen LogP contribution in [0.4, 0.5) is 5.69 Å². The maximum Gasteiger partial charge on any atom is 0.243 e. The summed E-state index contributed by atoms with van der Waals surface area (Å²) in [4.78, 5) is 0.333. The minimum Gasteiger partial charge on any atom is -0.399 e. The maximum absolute atomic E-state index is 12.8. The Hall–Kier alpha value is -1.07. The molecular formula is C14H20N2O2S. The third-order valence-corrected chi connectivity index (χ3v) is 6.33. The van der Waals surface area contributed by atoms with Crippen molar-refractivity contribution in [2.75, 3.05) is 12.3 Å². The number of hydrogen-bond donors (Lipinski definition) is 1. The van der Waals surface area contributed by atoms with Crippen molar-refractivity contribution >= 4 is 15.7 Å². The standard InChI is InChI=1S/C14H20N2O2S/c15-12-6-2-7-13(10-12)19(17,18)16-9-3-5-11-4-1-8-14(11)16/h2,6-7,10-11,14H,1,3-5,8-9,15H2. The summed E-state index contributed by atoms with van der Waals surface area (Å²) in [7, 11) is -3.39. The van der Waals surface area contributed by atoms with Gasteiger partial charge in [-0.1, -0.05) is 12.5 Å². The van der Waals surface area contributed by atoms with E-state index in [9.17, 15) is 8.42 Å². The second-order valence-electron chi connectivity index (χ2n) is 5.59. The summed E-state index contributed by atoms with van der Waals surface area (Å²) >= 11 is 0. The van der Waals surface area contributed by atoms with Gasteiger partial charge >= 0.3 is 0 Å². The van der Waals surface area contributed by atoms with Gasteiger partial charge in [0.25, 0.3) is 0 Å². The Balaban J connectivity index is 1.95. The van der Waals surface area contributed by atoms with Gasteiger partial charge in [0.15, 0.2) is 0 Å². The zero-order valence-corrected chi connectivity index (χ0v) is 11.8. The molecule has 2 atom stereocenters. The van der Waals surface area contributed by atoms with E-state index in [4.69, 9.17) is 5.73 Å². The summed E-state index contributed by atoms with van der Waals surface area (Å²) in [5, 5.41) is 0. The molecule has 2 N–H and O–H groups in total. The number of sulfonamides is 1. The van der Waals surface area contributed by atoms with Crippen LogP contribution in [0.15, 0.2) is 29.2 Å². The Morgan fingerprint density at radius 3 is 2.74 bits per heavy atom. The van der Waals surface area contributed by atoms with Crippen LogP contribution in [-0.4, -0.2) is 25.3 Å². The van der Waals surface area contributed by atoms with Crippen LogP contribution >= 0.6 is 0 Å². The van der Waals surface area contributed by atoms with Crippen molar-refractivity contribution in [1.29, 1.82) is 0 Å². The van der Waals surface area contributed by atoms with Crippen LogP contribution < -0.4 is 5.73 Å². The number of benzene rings is 1. The average Bonchev–Trinajstić information content (AvgIpc) is 2.86. The van der Waals surface area contributed by atoms with Crippen molar-refractivity contribution < 1.29 is 8.42 Å². The van der Waals surface area contributed by atoms with E-state index in [-0.39, 0.29) is 6.04 Å². The van der Waals surface area contributed by atoms with E-state index < -0.39 is 10.0 Å². The lowest BCUT2D eigenvalue weighted by Gasteiger charge is -2.36. The Kier molecular flexibility index (Phi) is 3.27. The van der Waals surface area contributed by atoms with Gasteiger partial charge in [0.1, 0.15) is 0 Å². The molecule has 2 fully saturated rings. The zero-order chi connectivity index (χ0) is 13.5. The SMILES string of the molecule is Nc1cccc(S(=O)(=O)N2CCCC3CCCC32)c1. The molecule has 19 heavy (non-hydrogen) atoms. The first-order valence-corrected chi connectivity index (χ1v) is 8.40. The van der Waals surface area contributed by atoms with Crippen molar-refractivity contribution in [1.82, 2.24) is 4.31 Å². The molecule has 4 nitrogen and oxygen atoms in total. The Morgan fingerprint density at radius 2 is 1.95 bits per heavy atom. The van der Waals surface area contributed by atoms with Crippen molar-refractivity contribution in [3.8, 4) is 0 Å². The highest BCUT2D eigenvalue weighted by atomic mass is 32.2. The van der Waals surface area contributed by atoms with E-state index in [0.29, 0.717) is 23.0 Å². The molecule has 1 saturated carbocycles. The summed E-state index contributed by atoms with van der Waals surface area (Å²) in [5.41, 5.74) is 6.21. The quantitative estimate of drug-likeness (QED) is 0.845. The van der Waals surface area contributed by atoms with Crippen molar-refractivity contribution in [2.24, 2.45) is 5.92 Å². The van der Waals surface area contributed by atoms with Crippen molar-refractivity contribution in [3.63, 3.8) is 0 Å². The van der Waals surface area contributed by atoms with E-state index in [1.165, 1.54) is 12.8 Å². The summed E-state index contributed by atoms with van der Waals surface area (Å²) in [6.07, 6.45) is 5.48. The molecule has 1 aromatic rings. The molecular weight excluding hydrogens is 260 g/mol. The first-order chi connectivity index (χ1) is 9.09. The fourth-order valence-corrected chi connectivity index (χ4v) is 5.33. The Labute approximate surface area is 114 Å². The first-order valence-electron chi connectivity index (χ1n) is 6.96. The predicted molar refractivity (Wildman–Crippen MR) is 75.1 cm³/mol. The van der Waals surface area contributed by atoms with Crippen LogP contribution in [0.3, 0.4) is 0 Å². The Morgan fingerprint density at radius 1 is 1.16 bits per heavy atom. The average molecular weight is 280 g/mol. The van der Waals surface area contributed by atoms with Gasteiger partial charge in [-0.15, -0.1) is 0 Å². The van der Waals surface area contributed by atoms with Crippen LogP contribution in [0.5, 0.6) is 0 Å². The van der Waals surface area contributed by atoms with Crippen molar-refractivity contribution in [2.45, 2.75) is 43.0 Å². The number of anilines is 1. The molecule has 1 saturated heterocycles. The van der Waals surface area contributed by atoms with Crippen LogP contribution in [0.1, 0.15) is 32.1 Å². The minimum atomic E-state index is -3.39. The second-order valence-corrected chi connectivity index (χ2v) is 7.48. The smallest absolute Gasteiger partial charge is 0.243 e. The van der Waals surface area contributed by atoms with Crippen LogP contribution in [0.2, 0.25) is 0 Å². The van der Waals surface area contributed by atoms with Gasteiger partial charge in [0, 0.05) is 18.3 Å². The molecule has 1 aliphatic carbocycles. The van der Waals surface area contributed by atoms with E-state index in [2.05, 4.69) is 0 Å². The number of nitrogens with two attached hydrogens (primary N) is 1. The highest BCUT2D eigenvalue weighted by molar-refractivity contribution is 7.89. The molecule has 2 unspecified atom stereocenters. The van der Waals surface area contributed by atoms with Crippen molar-refractivity contribution in [3.05, 3.63) is 24.3 Å². The van der Waals surface area contributed by atoms with Crippen LogP contribution in [0, 0.1) is 5.92 Å². The predicted octanol–water partition coefficient (Wildman–Crippen LogP) is 2.22. The molecule has 2 aliphatic rings. The zero-order valence-electron chi connectivity index (χ0n) is 11.0. The van der Waals surface area contributed by atoms with Gasteiger partial charge in [-0.05, 0) is 49.8 Å². The van der Waals surface area contributed by atoms with Gasteiger partial charge in [-0.3, -0.25) is 0 Å². The summed E-state index contributed by atoms with van der Waals surface area (Å²) < 4.78 is 27.2. The molecule has 1 aromatic carbocycles. The van der Waals surface area contributed by atoms with Gasteiger partial charge in [0.2, 0.25) is 10.0 Å². The van der Waals surface area contributed by atoms with Crippen LogP contribution in [0.25, 0.3) is 0 Å². The third kappa shape index (κ3) is 2.25. The van der Waals surface area contributed by atoms with Gasteiger partial charge in [-0.25, -0.2) is 8.42 Å². The van der Waals surface area contributed by atoms with E-state index in [1.807, 2.05) is 0 Å². The molecule has 0 bridgehead atoms.